The maximum Gasteiger partial charge on any atom is 0.337 e. The number of nitrogens with one attached hydrogen (secondary N) is 1. The molecule has 156 valence electrons. The summed E-state index contributed by atoms with van der Waals surface area (Å²) < 4.78 is 37.7. The highest BCUT2D eigenvalue weighted by atomic mass is 79.9. The fourth-order valence-corrected chi connectivity index (χ4v) is 3.57. The quantitative estimate of drug-likeness (QED) is 0.478. The van der Waals surface area contributed by atoms with Crippen LogP contribution in [-0.2, 0) is 11.3 Å². The van der Waals surface area contributed by atoms with E-state index in [9.17, 15) is 18.4 Å². The number of hydrogen-bond donors (Lipinski definition) is 1. The van der Waals surface area contributed by atoms with Gasteiger partial charge in [0, 0.05) is 33.5 Å². The highest BCUT2D eigenvalue weighted by Gasteiger charge is 2.21. The Hall–Kier alpha value is -2.71. The lowest BCUT2D eigenvalue weighted by Crippen LogP contribution is -2.13. The Labute approximate surface area is 183 Å². The van der Waals surface area contributed by atoms with Crippen LogP contribution in [-0.4, -0.2) is 18.1 Å². The van der Waals surface area contributed by atoms with Crippen molar-refractivity contribution in [1.82, 2.24) is 4.98 Å². The minimum Gasteiger partial charge on any atom is -0.487 e. The van der Waals surface area contributed by atoms with Gasteiger partial charge < -0.3 is 14.5 Å². The van der Waals surface area contributed by atoms with Crippen LogP contribution in [0.5, 0.6) is 5.75 Å². The molecule has 0 spiro atoms. The molecular formula is C21H15BrClF2NO4. The molecule has 0 saturated heterocycles. The van der Waals surface area contributed by atoms with E-state index in [1.165, 1.54) is 25.3 Å². The first-order valence-electron chi connectivity index (χ1n) is 8.60. The molecule has 0 bridgehead atoms. The molecule has 3 rings (SSSR count). The number of methoxy groups -OCH3 is 1. The standard InChI is InChI=1S/C21H15BrClF2NO4/c1-10-17(14-6-4-11(7-15(14)23)21(28)29-2)19(18(22)20(27)26-10)30-9-12-3-5-13(24)8-16(12)25/h3-8H,9H2,1-2H3,(H,26,27). The summed E-state index contributed by atoms with van der Waals surface area (Å²) >= 11 is 9.59. The van der Waals surface area contributed by atoms with Gasteiger partial charge in [0.1, 0.15) is 28.5 Å². The fourth-order valence-electron chi connectivity index (χ4n) is 2.88. The first-order valence-corrected chi connectivity index (χ1v) is 9.77. The Balaban J connectivity index is 2.08. The average molecular weight is 499 g/mol. The topological polar surface area (TPSA) is 68.4 Å². The number of rotatable bonds is 5. The number of hydrogen-bond acceptors (Lipinski definition) is 4. The molecule has 5 nitrogen and oxygen atoms in total. The molecule has 1 N–H and O–H groups in total. The van der Waals surface area contributed by atoms with Gasteiger partial charge in [-0.1, -0.05) is 17.7 Å². The maximum absolute atomic E-state index is 14.0. The summed E-state index contributed by atoms with van der Waals surface area (Å²) in [5, 5.41) is 0.220. The molecule has 3 aromatic rings. The van der Waals surface area contributed by atoms with Gasteiger partial charge in [-0.2, -0.15) is 0 Å². The van der Waals surface area contributed by atoms with Gasteiger partial charge in [-0.25, -0.2) is 13.6 Å². The molecular weight excluding hydrogens is 484 g/mol. The number of benzene rings is 2. The van der Waals surface area contributed by atoms with Crippen molar-refractivity contribution < 1.29 is 23.0 Å². The third-order valence-corrected chi connectivity index (χ3v) is 5.38. The molecule has 0 amide bonds. The molecule has 0 fully saturated rings. The second-order valence-corrected chi connectivity index (χ2v) is 7.51. The Morgan fingerprint density at radius 1 is 1.20 bits per heavy atom. The van der Waals surface area contributed by atoms with Crippen molar-refractivity contribution in [2.45, 2.75) is 13.5 Å². The van der Waals surface area contributed by atoms with Crippen molar-refractivity contribution in [2.75, 3.05) is 7.11 Å². The summed E-state index contributed by atoms with van der Waals surface area (Å²) in [6.07, 6.45) is 0. The number of carbonyl (C=O) groups excluding carboxylic acids is 1. The van der Waals surface area contributed by atoms with Crippen LogP contribution >= 0.6 is 27.5 Å². The number of aromatic nitrogens is 1. The average Bonchev–Trinajstić information content (AvgIpc) is 2.70. The molecule has 0 aliphatic heterocycles. The third-order valence-electron chi connectivity index (χ3n) is 4.35. The first-order chi connectivity index (χ1) is 14.2. The number of H-pyrrole nitrogens is 1. The molecule has 1 aromatic heterocycles. The van der Waals surface area contributed by atoms with Crippen LogP contribution in [0.1, 0.15) is 21.6 Å². The molecule has 1 heterocycles. The van der Waals surface area contributed by atoms with Gasteiger partial charge in [-0.15, -0.1) is 0 Å². The van der Waals surface area contributed by atoms with Crippen molar-refractivity contribution in [3.63, 3.8) is 0 Å². The highest BCUT2D eigenvalue weighted by molar-refractivity contribution is 9.10. The molecule has 0 aliphatic carbocycles. The Bertz CT molecular complexity index is 1200. The largest absolute Gasteiger partial charge is 0.487 e. The van der Waals surface area contributed by atoms with Crippen LogP contribution in [0.2, 0.25) is 5.02 Å². The van der Waals surface area contributed by atoms with Gasteiger partial charge >= 0.3 is 5.97 Å². The normalized spacial score (nSPS) is 10.7. The summed E-state index contributed by atoms with van der Waals surface area (Å²) in [7, 11) is 1.26. The number of carbonyl (C=O) groups is 1. The number of pyridine rings is 1. The van der Waals surface area contributed by atoms with Gasteiger partial charge in [0.25, 0.3) is 5.56 Å². The summed E-state index contributed by atoms with van der Waals surface area (Å²) in [6, 6.07) is 7.67. The monoisotopic (exact) mass is 497 g/mol. The molecule has 0 aliphatic rings. The van der Waals surface area contributed by atoms with E-state index in [2.05, 4.69) is 25.7 Å². The van der Waals surface area contributed by atoms with E-state index in [1.807, 2.05) is 0 Å². The molecule has 0 atom stereocenters. The summed E-state index contributed by atoms with van der Waals surface area (Å²) in [6.45, 7) is 1.40. The van der Waals surface area contributed by atoms with Crippen LogP contribution < -0.4 is 10.3 Å². The van der Waals surface area contributed by atoms with E-state index in [0.29, 0.717) is 16.8 Å². The Morgan fingerprint density at radius 3 is 2.57 bits per heavy atom. The fraction of sp³-hybridized carbons (Fsp3) is 0.143. The third kappa shape index (κ3) is 4.39. The SMILES string of the molecule is COC(=O)c1ccc(-c2c(C)[nH]c(=O)c(Br)c2OCc2ccc(F)cc2F)c(Cl)c1. The maximum atomic E-state index is 14.0. The number of esters is 1. The lowest BCUT2D eigenvalue weighted by molar-refractivity contribution is 0.0600. The van der Waals surface area contributed by atoms with E-state index in [-0.39, 0.29) is 33.0 Å². The Kier molecular flexibility index (Phi) is 6.58. The second kappa shape index (κ2) is 8.97. The zero-order valence-corrected chi connectivity index (χ0v) is 18.2. The van der Waals surface area contributed by atoms with Crippen molar-refractivity contribution in [3.05, 3.63) is 84.7 Å². The second-order valence-electron chi connectivity index (χ2n) is 6.31. The van der Waals surface area contributed by atoms with E-state index in [1.54, 1.807) is 13.0 Å². The van der Waals surface area contributed by atoms with Crippen LogP contribution in [0, 0.1) is 18.6 Å². The van der Waals surface area contributed by atoms with Gasteiger partial charge in [0.05, 0.1) is 12.7 Å². The van der Waals surface area contributed by atoms with Gasteiger partial charge in [0.2, 0.25) is 0 Å². The summed E-state index contributed by atoms with van der Waals surface area (Å²) in [4.78, 5) is 26.7. The molecule has 30 heavy (non-hydrogen) atoms. The lowest BCUT2D eigenvalue weighted by atomic mass is 10.0. The van der Waals surface area contributed by atoms with Crippen LogP contribution in [0.25, 0.3) is 11.1 Å². The number of ether oxygens (including phenoxy) is 2. The summed E-state index contributed by atoms with van der Waals surface area (Å²) in [5.41, 5.74) is 1.29. The van der Waals surface area contributed by atoms with Gasteiger partial charge in [-0.05, 0) is 47.1 Å². The Morgan fingerprint density at radius 2 is 1.93 bits per heavy atom. The predicted molar refractivity (Wildman–Crippen MR) is 112 cm³/mol. The zero-order valence-electron chi connectivity index (χ0n) is 15.8. The van der Waals surface area contributed by atoms with Crippen molar-refractivity contribution >= 4 is 33.5 Å². The molecule has 0 radical (unpaired) electrons. The van der Waals surface area contributed by atoms with Crippen LogP contribution in [0.4, 0.5) is 8.78 Å². The van der Waals surface area contributed by atoms with Crippen LogP contribution in [0.15, 0.2) is 45.7 Å². The summed E-state index contributed by atoms with van der Waals surface area (Å²) in [5.74, 6) is -1.89. The first kappa shape index (κ1) is 22.0. The van der Waals surface area contributed by atoms with Crippen molar-refractivity contribution in [2.24, 2.45) is 0 Å². The van der Waals surface area contributed by atoms with E-state index >= 15 is 0 Å². The minimum absolute atomic E-state index is 0.0822. The number of aromatic amines is 1. The smallest absolute Gasteiger partial charge is 0.337 e. The molecule has 9 heteroatoms. The van der Waals surface area contributed by atoms with Crippen LogP contribution in [0.3, 0.4) is 0 Å². The van der Waals surface area contributed by atoms with E-state index in [4.69, 9.17) is 16.3 Å². The highest BCUT2D eigenvalue weighted by Crippen LogP contribution is 2.40. The van der Waals surface area contributed by atoms with E-state index < -0.39 is 23.2 Å². The number of aryl methyl sites for hydroxylation is 1. The lowest BCUT2D eigenvalue weighted by Gasteiger charge is -2.17. The molecule has 0 unspecified atom stereocenters. The minimum atomic E-state index is -0.769. The van der Waals surface area contributed by atoms with Crippen molar-refractivity contribution in [1.29, 1.82) is 0 Å². The van der Waals surface area contributed by atoms with Gasteiger partial charge in [0.15, 0.2) is 0 Å². The zero-order chi connectivity index (χ0) is 22.0. The molecule has 2 aromatic carbocycles. The number of halogens is 4. The predicted octanol–water partition coefficient (Wildman–Crippen LogP) is 5.41. The van der Waals surface area contributed by atoms with Gasteiger partial charge in [-0.3, -0.25) is 4.79 Å². The van der Waals surface area contributed by atoms with Crippen molar-refractivity contribution in [3.8, 4) is 16.9 Å². The molecule has 0 saturated carbocycles. The van der Waals surface area contributed by atoms with E-state index in [0.717, 1.165) is 12.1 Å².